The third kappa shape index (κ3) is 4.75. The molecular formula is C23H21N5O2S. The van der Waals surface area contributed by atoms with Gasteiger partial charge in [0.05, 0.1) is 30.3 Å². The summed E-state index contributed by atoms with van der Waals surface area (Å²) in [6.07, 6.45) is 3.27. The second kappa shape index (κ2) is 9.44. The fourth-order valence-electron chi connectivity index (χ4n) is 3.06. The molecule has 0 aliphatic carbocycles. The number of amides is 1. The topological polar surface area (TPSA) is 81.9 Å². The minimum absolute atomic E-state index is 0.143. The van der Waals surface area contributed by atoms with Crippen LogP contribution >= 0.6 is 11.8 Å². The van der Waals surface area contributed by atoms with E-state index in [4.69, 9.17) is 4.74 Å². The monoisotopic (exact) mass is 431 g/mol. The van der Waals surface area contributed by atoms with E-state index in [1.54, 1.807) is 31.6 Å². The lowest BCUT2D eigenvalue weighted by Crippen LogP contribution is -2.14. The van der Waals surface area contributed by atoms with Crippen LogP contribution in [0.4, 0.5) is 5.69 Å². The number of thioether (sulfide) groups is 1. The van der Waals surface area contributed by atoms with Crippen molar-refractivity contribution in [3.63, 3.8) is 0 Å². The van der Waals surface area contributed by atoms with Gasteiger partial charge in [-0.2, -0.15) is 0 Å². The second-order valence-electron chi connectivity index (χ2n) is 6.76. The average Bonchev–Trinajstić information content (AvgIpc) is 3.22. The van der Waals surface area contributed by atoms with Gasteiger partial charge in [0.1, 0.15) is 5.75 Å². The maximum absolute atomic E-state index is 12.4. The Kier molecular flexibility index (Phi) is 6.28. The number of pyridine rings is 1. The molecule has 2 aromatic heterocycles. The Morgan fingerprint density at radius 2 is 1.87 bits per heavy atom. The summed E-state index contributed by atoms with van der Waals surface area (Å²) in [6.45, 7) is 2.04. The van der Waals surface area contributed by atoms with Crippen LogP contribution in [0.5, 0.6) is 5.75 Å². The van der Waals surface area contributed by atoms with E-state index in [1.807, 2.05) is 60.0 Å². The summed E-state index contributed by atoms with van der Waals surface area (Å²) in [5.41, 5.74) is 3.54. The quantitative estimate of drug-likeness (QED) is 0.438. The molecular weight excluding hydrogens is 410 g/mol. The number of methoxy groups -OCH3 is 1. The van der Waals surface area contributed by atoms with Crippen molar-refractivity contribution in [1.82, 2.24) is 19.7 Å². The van der Waals surface area contributed by atoms with Crippen molar-refractivity contribution in [2.75, 3.05) is 18.2 Å². The van der Waals surface area contributed by atoms with Crippen LogP contribution in [-0.2, 0) is 4.79 Å². The Morgan fingerprint density at radius 1 is 1.06 bits per heavy atom. The van der Waals surface area contributed by atoms with Crippen LogP contribution < -0.4 is 10.1 Å². The number of carbonyl (C=O) groups excluding carboxylic acids is 1. The highest BCUT2D eigenvalue weighted by Crippen LogP contribution is 2.33. The van der Waals surface area contributed by atoms with Gasteiger partial charge in [-0.05, 0) is 43.3 Å². The van der Waals surface area contributed by atoms with Gasteiger partial charge in [0, 0.05) is 11.9 Å². The van der Waals surface area contributed by atoms with Gasteiger partial charge in [0.15, 0.2) is 11.0 Å². The van der Waals surface area contributed by atoms with Crippen molar-refractivity contribution in [2.45, 2.75) is 12.1 Å². The Balaban J connectivity index is 1.65. The highest BCUT2D eigenvalue weighted by atomic mass is 32.2. The summed E-state index contributed by atoms with van der Waals surface area (Å²) < 4.78 is 7.47. The highest BCUT2D eigenvalue weighted by molar-refractivity contribution is 7.99. The molecule has 2 aromatic carbocycles. The number of rotatable bonds is 7. The number of aromatic nitrogens is 4. The van der Waals surface area contributed by atoms with Crippen molar-refractivity contribution in [2.24, 2.45) is 0 Å². The molecule has 0 saturated heterocycles. The third-order valence-corrected chi connectivity index (χ3v) is 5.48. The minimum Gasteiger partial charge on any atom is -0.496 e. The fourth-order valence-corrected chi connectivity index (χ4v) is 3.81. The molecule has 0 aliphatic heterocycles. The summed E-state index contributed by atoms with van der Waals surface area (Å²) in [5, 5.41) is 12.3. The van der Waals surface area contributed by atoms with Gasteiger partial charge in [0.2, 0.25) is 5.91 Å². The summed E-state index contributed by atoms with van der Waals surface area (Å²) in [5.74, 6) is 1.39. The van der Waals surface area contributed by atoms with E-state index in [1.165, 1.54) is 11.8 Å². The van der Waals surface area contributed by atoms with Crippen molar-refractivity contribution < 1.29 is 9.53 Å². The second-order valence-corrected chi connectivity index (χ2v) is 7.70. The molecule has 0 saturated carbocycles. The maximum Gasteiger partial charge on any atom is 0.234 e. The molecule has 4 aromatic rings. The molecule has 0 fully saturated rings. The molecule has 8 heteroatoms. The van der Waals surface area contributed by atoms with Gasteiger partial charge < -0.3 is 10.1 Å². The van der Waals surface area contributed by atoms with E-state index < -0.39 is 0 Å². The zero-order chi connectivity index (χ0) is 21.6. The predicted molar refractivity (Wildman–Crippen MR) is 122 cm³/mol. The van der Waals surface area contributed by atoms with Crippen LogP contribution in [0.25, 0.3) is 17.1 Å². The first kappa shape index (κ1) is 20.6. The first-order chi connectivity index (χ1) is 15.2. The van der Waals surface area contributed by atoms with Crippen LogP contribution in [0.15, 0.2) is 78.2 Å². The van der Waals surface area contributed by atoms with Gasteiger partial charge in [-0.15, -0.1) is 10.2 Å². The summed E-state index contributed by atoms with van der Waals surface area (Å²) in [7, 11) is 1.63. The van der Waals surface area contributed by atoms with Crippen LogP contribution in [-0.4, -0.2) is 38.5 Å². The summed E-state index contributed by atoms with van der Waals surface area (Å²) in [6, 6.07) is 19.3. The molecule has 1 N–H and O–H groups in total. The fraction of sp³-hybridized carbons (Fsp3) is 0.130. The van der Waals surface area contributed by atoms with Crippen molar-refractivity contribution in [3.8, 4) is 22.8 Å². The highest BCUT2D eigenvalue weighted by Gasteiger charge is 2.19. The molecule has 0 unspecified atom stereocenters. The molecule has 1 amide bonds. The number of ether oxygens (including phenoxy) is 1. The molecule has 0 atom stereocenters. The predicted octanol–water partition coefficient (Wildman–Crippen LogP) is 4.38. The van der Waals surface area contributed by atoms with Crippen molar-refractivity contribution >= 4 is 23.4 Å². The lowest BCUT2D eigenvalue weighted by atomic mass is 10.1. The van der Waals surface area contributed by atoms with Gasteiger partial charge in [-0.3, -0.25) is 14.3 Å². The van der Waals surface area contributed by atoms with Gasteiger partial charge in [0.25, 0.3) is 0 Å². The van der Waals surface area contributed by atoms with Crippen LogP contribution in [0, 0.1) is 6.92 Å². The number of carbonyl (C=O) groups is 1. The average molecular weight is 432 g/mol. The zero-order valence-corrected chi connectivity index (χ0v) is 18.0. The molecule has 2 heterocycles. The van der Waals surface area contributed by atoms with E-state index in [-0.39, 0.29) is 11.7 Å². The lowest BCUT2D eigenvalue weighted by Gasteiger charge is -2.12. The Labute approximate surface area is 184 Å². The normalized spacial score (nSPS) is 10.6. The number of hydrogen-bond acceptors (Lipinski definition) is 6. The largest absolute Gasteiger partial charge is 0.496 e. The number of nitrogens with zero attached hydrogens (tertiary/aromatic N) is 4. The van der Waals surface area contributed by atoms with Crippen LogP contribution in [0.2, 0.25) is 0 Å². The lowest BCUT2D eigenvalue weighted by molar-refractivity contribution is -0.113. The Morgan fingerprint density at radius 3 is 2.61 bits per heavy atom. The number of aryl methyl sites for hydroxylation is 1. The van der Waals surface area contributed by atoms with E-state index in [2.05, 4.69) is 20.5 Å². The summed E-state index contributed by atoms with van der Waals surface area (Å²) in [4.78, 5) is 16.4. The van der Waals surface area contributed by atoms with Gasteiger partial charge >= 0.3 is 0 Å². The van der Waals surface area contributed by atoms with E-state index in [9.17, 15) is 4.79 Å². The molecule has 4 rings (SSSR count). The number of nitrogens with one attached hydrogen (secondary N) is 1. The number of hydrogen-bond donors (Lipinski definition) is 1. The SMILES string of the molecule is COc1ccccc1-c1nnc(SCC(=O)Nc2cccnc2)n1-c1ccc(C)cc1. The van der Waals surface area contributed by atoms with E-state index in [0.717, 1.165) is 16.8 Å². The molecule has 7 nitrogen and oxygen atoms in total. The third-order valence-electron chi connectivity index (χ3n) is 4.55. The standard InChI is InChI=1S/C23H21N5O2S/c1-16-9-11-18(12-10-16)28-22(19-7-3-4-8-20(19)30-2)26-27-23(28)31-15-21(29)25-17-6-5-13-24-14-17/h3-14H,15H2,1-2H3,(H,25,29). The Hall–Kier alpha value is -3.65. The maximum atomic E-state index is 12.4. The first-order valence-corrected chi connectivity index (χ1v) is 10.6. The molecule has 0 spiro atoms. The van der Waals surface area contributed by atoms with Crippen molar-refractivity contribution in [1.29, 1.82) is 0 Å². The molecule has 31 heavy (non-hydrogen) atoms. The molecule has 156 valence electrons. The number of benzene rings is 2. The summed E-state index contributed by atoms with van der Waals surface area (Å²) >= 11 is 1.32. The first-order valence-electron chi connectivity index (χ1n) is 9.64. The smallest absolute Gasteiger partial charge is 0.234 e. The Bertz CT molecular complexity index is 1180. The van der Waals surface area contributed by atoms with Gasteiger partial charge in [-0.1, -0.05) is 41.6 Å². The van der Waals surface area contributed by atoms with Crippen molar-refractivity contribution in [3.05, 3.63) is 78.6 Å². The van der Waals surface area contributed by atoms with Crippen LogP contribution in [0.3, 0.4) is 0 Å². The molecule has 0 bridgehead atoms. The number of para-hydroxylation sites is 1. The number of anilines is 1. The van der Waals surface area contributed by atoms with E-state index >= 15 is 0 Å². The van der Waals surface area contributed by atoms with Gasteiger partial charge in [-0.25, -0.2) is 0 Å². The van der Waals surface area contributed by atoms with E-state index in [0.29, 0.717) is 22.4 Å². The minimum atomic E-state index is -0.143. The zero-order valence-electron chi connectivity index (χ0n) is 17.1. The molecule has 0 aliphatic rings. The van der Waals surface area contributed by atoms with Crippen LogP contribution in [0.1, 0.15) is 5.56 Å². The molecule has 0 radical (unpaired) electrons.